The molecule has 0 unspecified atom stereocenters. The van der Waals surface area contributed by atoms with Crippen molar-refractivity contribution in [1.29, 1.82) is 0 Å². The van der Waals surface area contributed by atoms with Crippen molar-refractivity contribution >= 4 is 5.78 Å². The molecule has 0 radical (unpaired) electrons. The molecule has 1 aromatic heterocycles. The van der Waals surface area contributed by atoms with Gasteiger partial charge in [0.25, 0.3) is 0 Å². The quantitative estimate of drug-likeness (QED) is 0.688. The fourth-order valence-corrected chi connectivity index (χ4v) is 1.88. The summed E-state index contributed by atoms with van der Waals surface area (Å²) >= 11 is 0. The lowest BCUT2D eigenvalue weighted by molar-refractivity contribution is -0.120. The van der Waals surface area contributed by atoms with Gasteiger partial charge in [-0.1, -0.05) is 6.07 Å². The van der Waals surface area contributed by atoms with Gasteiger partial charge >= 0.3 is 0 Å². The summed E-state index contributed by atoms with van der Waals surface area (Å²) < 4.78 is 0. The SMILES string of the molecule is O=C1CCC[C@H]1Cc1ccccn1. The van der Waals surface area contributed by atoms with Crippen LogP contribution < -0.4 is 0 Å². The molecule has 0 N–H and O–H groups in total. The first-order chi connectivity index (χ1) is 6.36. The van der Waals surface area contributed by atoms with Crippen molar-refractivity contribution in [3.05, 3.63) is 30.1 Å². The molecule has 1 aliphatic rings. The van der Waals surface area contributed by atoms with Crippen LogP contribution in [0.2, 0.25) is 0 Å². The van der Waals surface area contributed by atoms with Crippen LogP contribution in [0, 0.1) is 5.92 Å². The molecule has 1 fully saturated rings. The fraction of sp³-hybridized carbons (Fsp3) is 0.455. The first kappa shape index (κ1) is 8.42. The van der Waals surface area contributed by atoms with Gasteiger partial charge < -0.3 is 0 Å². The zero-order chi connectivity index (χ0) is 9.10. The summed E-state index contributed by atoms with van der Waals surface area (Å²) in [5, 5.41) is 0. The van der Waals surface area contributed by atoms with Crippen LogP contribution in [0.25, 0.3) is 0 Å². The number of hydrogen-bond donors (Lipinski definition) is 0. The van der Waals surface area contributed by atoms with Gasteiger partial charge in [0.2, 0.25) is 0 Å². The van der Waals surface area contributed by atoms with Gasteiger partial charge in [0, 0.05) is 24.2 Å². The van der Waals surface area contributed by atoms with Crippen LogP contribution in [0.3, 0.4) is 0 Å². The Kier molecular flexibility index (Phi) is 2.39. The molecule has 0 aromatic carbocycles. The first-order valence-corrected chi connectivity index (χ1v) is 4.79. The van der Waals surface area contributed by atoms with E-state index in [1.165, 1.54) is 0 Å². The molecular weight excluding hydrogens is 162 g/mol. The number of rotatable bonds is 2. The third-order valence-electron chi connectivity index (χ3n) is 2.61. The molecule has 1 atom stereocenters. The molecule has 1 saturated carbocycles. The highest BCUT2D eigenvalue weighted by molar-refractivity contribution is 5.83. The number of pyridine rings is 1. The van der Waals surface area contributed by atoms with Crippen molar-refractivity contribution in [1.82, 2.24) is 4.98 Å². The molecule has 2 heteroatoms. The van der Waals surface area contributed by atoms with Gasteiger partial charge in [0.05, 0.1) is 0 Å². The summed E-state index contributed by atoms with van der Waals surface area (Å²) in [7, 11) is 0. The zero-order valence-corrected chi connectivity index (χ0v) is 7.57. The highest BCUT2D eigenvalue weighted by Crippen LogP contribution is 2.24. The summed E-state index contributed by atoms with van der Waals surface area (Å²) in [6.07, 6.45) is 5.51. The highest BCUT2D eigenvalue weighted by Gasteiger charge is 2.24. The van der Waals surface area contributed by atoms with Crippen molar-refractivity contribution in [3.63, 3.8) is 0 Å². The number of ketones is 1. The van der Waals surface area contributed by atoms with Gasteiger partial charge in [-0.2, -0.15) is 0 Å². The number of nitrogens with zero attached hydrogens (tertiary/aromatic N) is 1. The molecular formula is C11H13NO. The van der Waals surface area contributed by atoms with E-state index in [2.05, 4.69) is 4.98 Å². The van der Waals surface area contributed by atoms with Crippen LogP contribution in [0.4, 0.5) is 0 Å². The van der Waals surface area contributed by atoms with E-state index in [-0.39, 0.29) is 5.92 Å². The van der Waals surface area contributed by atoms with Gasteiger partial charge in [-0.25, -0.2) is 0 Å². The standard InChI is InChI=1S/C11H13NO/c13-11-6-3-4-9(11)8-10-5-1-2-7-12-10/h1-2,5,7,9H,3-4,6,8H2/t9-/m0/s1. The second kappa shape index (κ2) is 3.69. The van der Waals surface area contributed by atoms with Crippen molar-refractivity contribution in [2.24, 2.45) is 5.92 Å². The molecule has 0 saturated heterocycles. The average molecular weight is 175 g/mol. The van der Waals surface area contributed by atoms with E-state index < -0.39 is 0 Å². The minimum absolute atomic E-state index is 0.245. The van der Waals surface area contributed by atoms with E-state index >= 15 is 0 Å². The number of carbonyl (C=O) groups excluding carboxylic acids is 1. The maximum Gasteiger partial charge on any atom is 0.136 e. The lowest BCUT2D eigenvalue weighted by atomic mass is 10.0. The summed E-state index contributed by atoms with van der Waals surface area (Å²) in [4.78, 5) is 15.6. The average Bonchev–Trinajstić information content (AvgIpc) is 2.54. The molecule has 1 aromatic rings. The van der Waals surface area contributed by atoms with Crippen molar-refractivity contribution in [2.45, 2.75) is 25.7 Å². The van der Waals surface area contributed by atoms with Gasteiger partial charge in [-0.05, 0) is 31.4 Å². The Morgan fingerprint density at radius 1 is 1.46 bits per heavy atom. The van der Waals surface area contributed by atoms with Crippen molar-refractivity contribution in [3.8, 4) is 0 Å². The molecule has 68 valence electrons. The lowest BCUT2D eigenvalue weighted by Gasteiger charge is -2.05. The monoisotopic (exact) mass is 175 g/mol. The molecule has 0 aliphatic heterocycles. The Morgan fingerprint density at radius 2 is 2.38 bits per heavy atom. The number of carbonyl (C=O) groups is 1. The van der Waals surface area contributed by atoms with Gasteiger partial charge in [-0.15, -0.1) is 0 Å². The minimum Gasteiger partial charge on any atom is -0.299 e. The van der Waals surface area contributed by atoms with Crippen molar-refractivity contribution < 1.29 is 4.79 Å². The molecule has 0 bridgehead atoms. The predicted octanol–water partition coefficient (Wildman–Crippen LogP) is 1.99. The van der Waals surface area contributed by atoms with E-state index in [0.717, 1.165) is 31.4 Å². The molecule has 2 nitrogen and oxygen atoms in total. The van der Waals surface area contributed by atoms with E-state index in [9.17, 15) is 4.79 Å². The Bertz CT molecular complexity index is 294. The Labute approximate surface area is 78.0 Å². The summed E-state index contributed by atoms with van der Waals surface area (Å²) in [5.74, 6) is 0.667. The topological polar surface area (TPSA) is 30.0 Å². The highest BCUT2D eigenvalue weighted by atomic mass is 16.1. The smallest absolute Gasteiger partial charge is 0.136 e. The zero-order valence-electron chi connectivity index (χ0n) is 7.57. The molecule has 2 rings (SSSR count). The molecule has 1 heterocycles. The molecule has 1 aliphatic carbocycles. The van der Waals surface area contributed by atoms with Crippen LogP contribution in [0.15, 0.2) is 24.4 Å². The summed E-state index contributed by atoms with van der Waals surface area (Å²) in [6, 6.07) is 5.87. The lowest BCUT2D eigenvalue weighted by Crippen LogP contribution is -2.10. The maximum absolute atomic E-state index is 11.4. The second-order valence-corrected chi connectivity index (χ2v) is 3.58. The van der Waals surface area contributed by atoms with E-state index in [4.69, 9.17) is 0 Å². The second-order valence-electron chi connectivity index (χ2n) is 3.58. The van der Waals surface area contributed by atoms with Crippen LogP contribution in [-0.2, 0) is 11.2 Å². The van der Waals surface area contributed by atoms with Crippen LogP contribution in [-0.4, -0.2) is 10.8 Å². The van der Waals surface area contributed by atoms with Gasteiger partial charge in [0.1, 0.15) is 5.78 Å². The first-order valence-electron chi connectivity index (χ1n) is 4.79. The van der Waals surface area contributed by atoms with Crippen LogP contribution >= 0.6 is 0 Å². The number of aromatic nitrogens is 1. The van der Waals surface area contributed by atoms with Crippen molar-refractivity contribution in [2.75, 3.05) is 0 Å². The fourth-order valence-electron chi connectivity index (χ4n) is 1.88. The van der Waals surface area contributed by atoms with Crippen LogP contribution in [0.5, 0.6) is 0 Å². The van der Waals surface area contributed by atoms with E-state index in [1.807, 2.05) is 18.2 Å². The third-order valence-corrected chi connectivity index (χ3v) is 2.61. The molecule has 13 heavy (non-hydrogen) atoms. The predicted molar refractivity (Wildman–Crippen MR) is 50.3 cm³/mol. The van der Waals surface area contributed by atoms with Crippen LogP contribution in [0.1, 0.15) is 25.0 Å². The summed E-state index contributed by atoms with van der Waals surface area (Å²) in [5.41, 5.74) is 1.04. The largest absolute Gasteiger partial charge is 0.299 e. The normalized spacial score (nSPS) is 22.2. The minimum atomic E-state index is 0.245. The summed E-state index contributed by atoms with van der Waals surface area (Å²) in [6.45, 7) is 0. The van der Waals surface area contributed by atoms with E-state index in [1.54, 1.807) is 6.20 Å². The number of hydrogen-bond acceptors (Lipinski definition) is 2. The Morgan fingerprint density at radius 3 is 3.00 bits per heavy atom. The third kappa shape index (κ3) is 1.94. The van der Waals surface area contributed by atoms with E-state index in [0.29, 0.717) is 5.78 Å². The van der Waals surface area contributed by atoms with Gasteiger partial charge in [-0.3, -0.25) is 9.78 Å². The Balaban J connectivity index is 2.02. The maximum atomic E-state index is 11.4. The molecule has 0 spiro atoms. The Hall–Kier alpha value is -1.18. The number of Topliss-reactive ketones (excluding diaryl/α,β-unsaturated/α-hetero) is 1. The molecule has 0 amide bonds. The van der Waals surface area contributed by atoms with Gasteiger partial charge in [0.15, 0.2) is 0 Å².